The summed E-state index contributed by atoms with van der Waals surface area (Å²) in [4.78, 5) is 0. The van der Waals surface area contributed by atoms with Gasteiger partial charge in [-0.25, -0.2) is 8.42 Å². The van der Waals surface area contributed by atoms with Crippen molar-refractivity contribution in [1.29, 1.82) is 0 Å². The number of thiol groups is 1. The van der Waals surface area contributed by atoms with E-state index in [0.29, 0.717) is 11.2 Å². The first-order chi connectivity index (χ1) is 6.63. The predicted molar refractivity (Wildman–Crippen MR) is 55.0 cm³/mol. The summed E-state index contributed by atoms with van der Waals surface area (Å²) in [6.07, 6.45) is 0. The molecular formula is C7H10BNO4S. The summed E-state index contributed by atoms with van der Waals surface area (Å²) in [5, 5.41) is 9.24. The van der Waals surface area contributed by atoms with E-state index in [4.69, 9.17) is 0 Å². The molecule has 0 aliphatic carbocycles. The summed E-state index contributed by atoms with van der Waals surface area (Å²) in [5.74, 6) is 0. The Labute approximate surface area is 83.9 Å². The van der Waals surface area contributed by atoms with Crippen LogP contribution in [0.1, 0.15) is 0 Å². The SMILES string of the molecule is COB(O)c1ccc(N[SH](=O)=O)cc1. The van der Waals surface area contributed by atoms with Gasteiger partial charge in [0.1, 0.15) is 0 Å². The molecule has 0 saturated carbocycles. The Morgan fingerprint density at radius 2 is 1.93 bits per heavy atom. The van der Waals surface area contributed by atoms with Gasteiger partial charge in [-0.3, -0.25) is 4.72 Å². The highest BCUT2D eigenvalue weighted by atomic mass is 32.2. The van der Waals surface area contributed by atoms with E-state index in [1.807, 2.05) is 0 Å². The Bertz CT molecular complexity index is 356. The Kier molecular flexibility index (Phi) is 3.93. The summed E-state index contributed by atoms with van der Waals surface area (Å²) < 4.78 is 27.5. The van der Waals surface area contributed by atoms with Crippen LogP contribution in [-0.4, -0.2) is 27.7 Å². The number of nitrogens with one attached hydrogen (secondary N) is 1. The van der Waals surface area contributed by atoms with E-state index in [9.17, 15) is 13.4 Å². The molecule has 14 heavy (non-hydrogen) atoms. The van der Waals surface area contributed by atoms with Crippen molar-refractivity contribution in [3.63, 3.8) is 0 Å². The number of anilines is 1. The zero-order valence-corrected chi connectivity index (χ0v) is 8.40. The van der Waals surface area contributed by atoms with E-state index < -0.39 is 18.0 Å². The van der Waals surface area contributed by atoms with E-state index >= 15 is 0 Å². The van der Waals surface area contributed by atoms with Crippen LogP contribution in [0.3, 0.4) is 0 Å². The maximum Gasteiger partial charge on any atom is 0.490 e. The molecule has 7 heteroatoms. The lowest BCUT2D eigenvalue weighted by molar-refractivity contribution is 0.341. The third kappa shape index (κ3) is 3.02. The molecule has 0 heterocycles. The minimum absolute atomic E-state index is 0.452. The van der Waals surface area contributed by atoms with E-state index in [1.54, 1.807) is 24.3 Å². The number of hydrogen-bond donors (Lipinski definition) is 3. The molecule has 5 nitrogen and oxygen atoms in total. The van der Waals surface area contributed by atoms with Gasteiger partial charge in [0.05, 0.1) is 0 Å². The summed E-state index contributed by atoms with van der Waals surface area (Å²) in [5.41, 5.74) is 1.02. The quantitative estimate of drug-likeness (QED) is 0.443. The number of rotatable bonds is 4. The molecule has 0 bridgehead atoms. The van der Waals surface area contributed by atoms with Crippen LogP contribution in [0.25, 0.3) is 0 Å². The first-order valence-electron chi connectivity index (χ1n) is 3.85. The van der Waals surface area contributed by atoms with Crippen molar-refractivity contribution in [3.8, 4) is 0 Å². The second-order valence-corrected chi connectivity index (χ2v) is 3.32. The monoisotopic (exact) mass is 215 g/mol. The van der Waals surface area contributed by atoms with Gasteiger partial charge in [0.2, 0.25) is 10.9 Å². The summed E-state index contributed by atoms with van der Waals surface area (Å²) >= 11 is 0. The fourth-order valence-electron chi connectivity index (χ4n) is 0.964. The molecule has 0 unspecified atom stereocenters. The van der Waals surface area contributed by atoms with Crippen LogP contribution in [0.4, 0.5) is 5.69 Å². The topological polar surface area (TPSA) is 75.6 Å². The van der Waals surface area contributed by atoms with Crippen LogP contribution < -0.4 is 10.2 Å². The van der Waals surface area contributed by atoms with E-state index in [2.05, 4.69) is 9.38 Å². The van der Waals surface area contributed by atoms with Crippen LogP contribution in [0, 0.1) is 0 Å². The van der Waals surface area contributed by atoms with Gasteiger partial charge < -0.3 is 9.68 Å². The molecule has 0 aromatic heterocycles. The van der Waals surface area contributed by atoms with Gasteiger partial charge in [0.25, 0.3) is 0 Å². The third-order valence-corrected chi connectivity index (χ3v) is 2.08. The highest BCUT2D eigenvalue weighted by Gasteiger charge is 2.13. The lowest BCUT2D eigenvalue weighted by Crippen LogP contribution is -2.32. The molecule has 0 saturated heterocycles. The first-order valence-corrected chi connectivity index (χ1v) is 5.03. The highest BCUT2D eigenvalue weighted by molar-refractivity contribution is 7.73. The molecular weight excluding hydrogens is 205 g/mol. The van der Waals surface area contributed by atoms with Gasteiger partial charge in [-0.2, -0.15) is 0 Å². The smallest absolute Gasteiger partial charge is 0.423 e. The van der Waals surface area contributed by atoms with Gasteiger partial charge in [0, 0.05) is 12.8 Å². The van der Waals surface area contributed by atoms with Crippen molar-refractivity contribution in [2.45, 2.75) is 0 Å². The minimum Gasteiger partial charge on any atom is -0.423 e. The van der Waals surface area contributed by atoms with E-state index in [0.717, 1.165) is 0 Å². The Hall–Kier alpha value is -1.05. The lowest BCUT2D eigenvalue weighted by atomic mass is 9.80. The predicted octanol–water partition coefficient (Wildman–Crippen LogP) is -1.04. The number of hydrogen-bond acceptors (Lipinski definition) is 4. The second kappa shape index (κ2) is 4.99. The largest absolute Gasteiger partial charge is 0.490 e. The molecule has 0 spiro atoms. The van der Waals surface area contributed by atoms with Crippen molar-refractivity contribution in [1.82, 2.24) is 0 Å². The molecule has 0 radical (unpaired) electrons. The fraction of sp³-hybridized carbons (Fsp3) is 0.143. The molecule has 0 aliphatic rings. The molecule has 0 aliphatic heterocycles. The first kappa shape index (κ1) is 11.0. The molecule has 1 aromatic carbocycles. The van der Waals surface area contributed by atoms with Gasteiger partial charge in [0.15, 0.2) is 0 Å². The van der Waals surface area contributed by atoms with Crippen LogP contribution in [-0.2, 0) is 15.5 Å². The van der Waals surface area contributed by atoms with Gasteiger partial charge in [-0.15, -0.1) is 0 Å². The van der Waals surface area contributed by atoms with Crippen LogP contribution in [0.15, 0.2) is 24.3 Å². The third-order valence-electron chi connectivity index (χ3n) is 1.64. The van der Waals surface area contributed by atoms with Crippen LogP contribution >= 0.6 is 0 Å². The zero-order chi connectivity index (χ0) is 10.6. The minimum atomic E-state index is -2.65. The van der Waals surface area contributed by atoms with E-state index in [-0.39, 0.29) is 0 Å². The summed E-state index contributed by atoms with van der Waals surface area (Å²) in [6.45, 7) is 0. The molecule has 76 valence electrons. The standard InChI is InChI=1S/C7H10BNO4S/c1-13-8(10)6-2-4-7(5-3-6)9-14(11)12/h2-5,10,14H,1H3,(H,9,11,12). The highest BCUT2D eigenvalue weighted by Crippen LogP contribution is 2.03. The maximum absolute atomic E-state index is 10.3. The average Bonchev–Trinajstić information content (AvgIpc) is 2.17. The van der Waals surface area contributed by atoms with Gasteiger partial charge >= 0.3 is 7.12 Å². The molecule has 0 amide bonds. The summed E-state index contributed by atoms with van der Waals surface area (Å²) in [7, 11) is -2.25. The van der Waals surface area contributed by atoms with Crippen molar-refractivity contribution >= 4 is 29.2 Å². The number of benzene rings is 1. The molecule has 2 N–H and O–H groups in total. The van der Waals surface area contributed by atoms with Gasteiger partial charge in [-0.1, -0.05) is 12.1 Å². The summed E-state index contributed by atoms with van der Waals surface area (Å²) in [6, 6.07) is 6.25. The molecule has 0 atom stereocenters. The van der Waals surface area contributed by atoms with Crippen molar-refractivity contribution < 1.29 is 18.1 Å². The fourth-order valence-corrected chi connectivity index (χ4v) is 1.32. The normalized spacial score (nSPS) is 10.2. The van der Waals surface area contributed by atoms with Gasteiger partial charge in [-0.05, 0) is 17.6 Å². The average molecular weight is 215 g/mol. The van der Waals surface area contributed by atoms with Crippen molar-refractivity contribution in [2.75, 3.05) is 11.8 Å². The molecule has 0 fully saturated rings. The Morgan fingerprint density at radius 1 is 1.36 bits per heavy atom. The van der Waals surface area contributed by atoms with Crippen LogP contribution in [0.2, 0.25) is 0 Å². The van der Waals surface area contributed by atoms with Crippen LogP contribution in [0.5, 0.6) is 0 Å². The zero-order valence-electron chi connectivity index (χ0n) is 7.51. The second-order valence-electron chi connectivity index (χ2n) is 2.58. The Morgan fingerprint density at radius 3 is 2.36 bits per heavy atom. The van der Waals surface area contributed by atoms with Crippen molar-refractivity contribution in [3.05, 3.63) is 24.3 Å². The van der Waals surface area contributed by atoms with E-state index in [1.165, 1.54) is 7.11 Å². The molecule has 1 rings (SSSR count). The maximum atomic E-state index is 10.3. The van der Waals surface area contributed by atoms with Crippen molar-refractivity contribution in [2.24, 2.45) is 0 Å². The molecule has 1 aromatic rings. The Balaban J connectivity index is 2.78. The lowest BCUT2D eigenvalue weighted by Gasteiger charge is -2.04.